The van der Waals surface area contributed by atoms with Crippen molar-refractivity contribution in [1.29, 1.82) is 0 Å². The van der Waals surface area contributed by atoms with Gasteiger partial charge in [-0.1, -0.05) is 37.3 Å². The fraction of sp³-hybridized carbons (Fsp3) is 0.529. The van der Waals surface area contributed by atoms with Crippen LogP contribution in [0.25, 0.3) is 0 Å². The molecular weight excluding hydrogens is 266 g/mol. The Bertz CT molecular complexity index is 500. The number of benzene rings is 1. The molecular formula is C17H23NO3. The molecule has 1 aromatic rings. The second-order valence-electron chi connectivity index (χ2n) is 5.84. The summed E-state index contributed by atoms with van der Waals surface area (Å²) in [5.74, 6) is -0.688. The number of aryl methyl sites for hydroxylation is 1. The van der Waals surface area contributed by atoms with E-state index in [1.165, 1.54) is 5.56 Å². The van der Waals surface area contributed by atoms with Crippen molar-refractivity contribution in [3.8, 4) is 0 Å². The average Bonchev–Trinajstić information content (AvgIpc) is 2.94. The number of rotatable bonds is 6. The van der Waals surface area contributed by atoms with Crippen LogP contribution in [-0.4, -0.2) is 35.0 Å². The highest BCUT2D eigenvalue weighted by atomic mass is 16.4. The highest BCUT2D eigenvalue weighted by molar-refractivity contribution is 5.80. The Morgan fingerprint density at radius 2 is 2.00 bits per heavy atom. The summed E-state index contributed by atoms with van der Waals surface area (Å²) in [4.78, 5) is 25.3. The summed E-state index contributed by atoms with van der Waals surface area (Å²) >= 11 is 0. The van der Waals surface area contributed by atoms with Gasteiger partial charge in [0.15, 0.2) is 0 Å². The maximum Gasteiger partial charge on any atom is 0.311 e. The summed E-state index contributed by atoms with van der Waals surface area (Å²) in [7, 11) is 0. The minimum absolute atomic E-state index is 0.0857. The minimum Gasteiger partial charge on any atom is -0.481 e. The number of carbonyl (C=O) groups excluding carboxylic acids is 1. The van der Waals surface area contributed by atoms with Crippen molar-refractivity contribution in [3.63, 3.8) is 0 Å². The first-order chi connectivity index (χ1) is 10.1. The largest absolute Gasteiger partial charge is 0.481 e. The first kappa shape index (κ1) is 15.5. The van der Waals surface area contributed by atoms with E-state index >= 15 is 0 Å². The van der Waals surface area contributed by atoms with Gasteiger partial charge in [0.1, 0.15) is 0 Å². The fourth-order valence-corrected chi connectivity index (χ4v) is 2.95. The summed E-state index contributed by atoms with van der Waals surface area (Å²) < 4.78 is 0. The van der Waals surface area contributed by atoms with Gasteiger partial charge in [-0.05, 0) is 31.2 Å². The van der Waals surface area contributed by atoms with Gasteiger partial charge in [-0.2, -0.15) is 0 Å². The number of carboxylic acids is 1. The number of carbonyl (C=O) groups is 2. The molecule has 2 rings (SSSR count). The number of aliphatic carboxylic acids is 1. The Kier molecular flexibility index (Phi) is 4.99. The van der Waals surface area contributed by atoms with Crippen molar-refractivity contribution >= 4 is 11.9 Å². The topological polar surface area (TPSA) is 57.6 Å². The van der Waals surface area contributed by atoms with Gasteiger partial charge in [-0.15, -0.1) is 0 Å². The van der Waals surface area contributed by atoms with Crippen molar-refractivity contribution in [2.45, 2.75) is 39.0 Å². The zero-order valence-electron chi connectivity index (χ0n) is 12.5. The molecule has 0 saturated carbocycles. The van der Waals surface area contributed by atoms with E-state index in [0.717, 1.165) is 12.8 Å². The van der Waals surface area contributed by atoms with Gasteiger partial charge in [0.2, 0.25) is 5.91 Å². The molecule has 0 radical (unpaired) electrons. The van der Waals surface area contributed by atoms with Crippen molar-refractivity contribution < 1.29 is 14.7 Å². The zero-order valence-corrected chi connectivity index (χ0v) is 12.5. The molecule has 1 N–H and O–H groups in total. The van der Waals surface area contributed by atoms with Crippen LogP contribution >= 0.6 is 0 Å². The Hall–Kier alpha value is -1.84. The van der Waals surface area contributed by atoms with E-state index in [4.69, 9.17) is 0 Å². The first-order valence-corrected chi connectivity index (χ1v) is 7.62. The van der Waals surface area contributed by atoms with Crippen LogP contribution in [0.3, 0.4) is 0 Å². The summed E-state index contributed by atoms with van der Waals surface area (Å²) in [6, 6.07) is 10.1. The van der Waals surface area contributed by atoms with Crippen LogP contribution in [0, 0.1) is 5.41 Å². The molecule has 0 bridgehead atoms. The van der Waals surface area contributed by atoms with Crippen LogP contribution in [0.2, 0.25) is 0 Å². The third-order valence-electron chi connectivity index (χ3n) is 4.54. The van der Waals surface area contributed by atoms with Crippen molar-refractivity contribution in [3.05, 3.63) is 35.9 Å². The number of hydrogen-bond acceptors (Lipinski definition) is 2. The SMILES string of the molecule is CCC1(C(=O)O)CCN(C(=O)CCCc2ccccc2)C1. The third kappa shape index (κ3) is 3.63. The lowest BCUT2D eigenvalue weighted by Gasteiger charge is -2.23. The summed E-state index contributed by atoms with van der Waals surface area (Å²) in [6.07, 6.45) is 3.34. The predicted molar refractivity (Wildman–Crippen MR) is 80.9 cm³/mol. The first-order valence-electron chi connectivity index (χ1n) is 7.62. The van der Waals surface area contributed by atoms with E-state index in [1.807, 2.05) is 25.1 Å². The Labute approximate surface area is 125 Å². The lowest BCUT2D eigenvalue weighted by Crippen LogP contribution is -2.36. The van der Waals surface area contributed by atoms with Gasteiger partial charge in [0.05, 0.1) is 5.41 Å². The van der Waals surface area contributed by atoms with E-state index in [-0.39, 0.29) is 5.91 Å². The predicted octanol–water partition coefficient (Wildman–Crippen LogP) is 2.72. The Balaban J connectivity index is 1.81. The van der Waals surface area contributed by atoms with Gasteiger partial charge < -0.3 is 10.0 Å². The Morgan fingerprint density at radius 3 is 2.57 bits per heavy atom. The van der Waals surface area contributed by atoms with Crippen LogP contribution in [0.15, 0.2) is 30.3 Å². The highest BCUT2D eigenvalue weighted by Crippen LogP contribution is 2.34. The number of carboxylic acid groups (broad SMARTS) is 1. The highest BCUT2D eigenvalue weighted by Gasteiger charge is 2.44. The summed E-state index contributed by atoms with van der Waals surface area (Å²) in [5, 5.41) is 9.35. The molecule has 21 heavy (non-hydrogen) atoms. The molecule has 0 aromatic heterocycles. The molecule has 0 aliphatic carbocycles. The molecule has 4 nitrogen and oxygen atoms in total. The van der Waals surface area contributed by atoms with Gasteiger partial charge >= 0.3 is 5.97 Å². The lowest BCUT2D eigenvalue weighted by molar-refractivity contribution is -0.148. The minimum atomic E-state index is -0.774. The van der Waals surface area contributed by atoms with Crippen LogP contribution in [0.4, 0.5) is 0 Å². The molecule has 4 heteroatoms. The van der Waals surface area contributed by atoms with Crippen LogP contribution in [-0.2, 0) is 16.0 Å². The number of amides is 1. The zero-order chi connectivity index (χ0) is 15.3. The number of nitrogens with zero attached hydrogens (tertiary/aromatic N) is 1. The molecule has 1 atom stereocenters. The van der Waals surface area contributed by atoms with Crippen LogP contribution in [0.1, 0.15) is 38.2 Å². The maximum atomic E-state index is 12.2. The number of likely N-dealkylation sites (tertiary alicyclic amines) is 1. The maximum absolute atomic E-state index is 12.2. The van der Waals surface area contributed by atoms with Crippen LogP contribution in [0.5, 0.6) is 0 Å². The monoisotopic (exact) mass is 289 g/mol. The summed E-state index contributed by atoms with van der Waals surface area (Å²) in [5.41, 5.74) is 0.509. The molecule has 1 aliphatic heterocycles. The second kappa shape index (κ2) is 6.74. The van der Waals surface area contributed by atoms with Gasteiger partial charge in [-0.25, -0.2) is 0 Å². The van der Waals surface area contributed by atoms with E-state index in [9.17, 15) is 14.7 Å². The van der Waals surface area contributed by atoms with Gasteiger partial charge in [-0.3, -0.25) is 9.59 Å². The second-order valence-corrected chi connectivity index (χ2v) is 5.84. The van der Waals surface area contributed by atoms with E-state index in [2.05, 4.69) is 12.1 Å². The quantitative estimate of drug-likeness (QED) is 0.876. The van der Waals surface area contributed by atoms with E-state index < -0.39 is 11.4 Å². The Morgan fingerprint density at radius 1 is 1.29 bits per heavy atom. The molecule has 1 amide bonds. The van der Waals surface area contributed by atoms with Crippen molar-refractivity contribution in [2.24, 2.45) is 5.41 Å². The smallest absolute Gasteiger partial charge is 0.311 e. The standard InChI is InChI=1S/C17H23NO3/c1-2-17(16(20)21)11-12-18(13-17)15(19)10-6-9-14-7-4-3-5-8-14/h3-5,7-8H,2,6,9-13H2,1H3,(H,20,21). The van der Waals surface area contributed by atoms with Crippen molar-refractivity contribution in [2.75, 3.05) is 13.1 Å². The third-order valence-corrected chi connectivity index (χ3v) is 4.54. The summed E-state index contributed by atoms with van der Waals surface area (Å²) in [6.45, 7) is 2.82. The molecule has 1 unspecified atom stereocenters. The number of hydrogen-bond donors (Lipinski definition) is 1. The molecule has 1 heterocycles. The fourth-order valence-electron chi connectivity index (χ4n) is 2.95. The van der Waals surface area contributed by atoms with Crippen molar-refractivity contribution in [1.82, 2.24) is 4.90 Å². The van der Waals surface area contributed by atoms with Gasteiger partial charge in [0, 0.05) is 19.5 Å². The van der Waals surface area contributed by atoms with Crippen LogP contribution < -0.4 is 0 Å². The molecule has 1 fully saturated rings. The van der Waals surface area contributed by atoms with E-state index in [1.54, 1.807) is 4.90 Å². The van der Waals surface area contributed by atoms with E-state index in [0.29, 0.717) is 32.4 Å². The molecule has 1 aliphatic rings. The molecule has 114 valence electrons. The molecule has 1 saturated heterocycles. The molecule has 0 spiro atoms. The normalized spacial score (nSPS) is 21.5. The molecule has 1 aromatic carbocycles. The van der Waals surface area contributed by atoms with Gasteiger partial charge in [0.25, 0.3) is 0 Å². The average molecular weight is 289 g/mol. The lowest BCUT2D eigenvalue weighted by atomic mass is 9.84.